The highest BCUT2D eigenvalue weighted by atomic mass is 15.2. The smallest absolute Gasteiger partial charge is 0.148 e. The highest BCUT2D eigenvalue weighted by Gasteiger charge is 2.03. The van der Waals surface area contributed by atoms with Crippen molar-refractivity contribution < 1.29 is 0 Å². The van der Waals surface area contributed by atoms with E-state index in [1.165, 1.54) is 31.3 Å². The molecule has 0 bridgehead atoms. The van der Waals surface area contributed by atoms with Gasteiger partial charge in [-0.1, -0.05) is 11.6 Å². The van der Waals surface area contributed by atoms with Gasteiger partial charge in [0, 0.05) is 12.7 Å². The maximum absolute atomic E-state index is 3.97. The second kappa shape index (κ2) is 4.74. The number of hydrogen-bond donors (Lipinski definition) is 1. The normalized spacial score (nSPS) is 16.1. The summed E-state index contributed by atoms with van der Waals surface area (Å²) in [6.45, 7) is 0.915. The first-order valence-corrected chi connectivity index (χ1v) is 5.14. The fourth-order valence-corrected chi connectivity index (χ4v) is 1.67. The SMILES string of the molecule is C1=C(CNc2cccnn2)CCCC1. The molecule has 1 heterocycles. The number of nitrogens with zero attached hydrogens (tertiary/aromatic N) is 2. The van der Waals surface area contributed by atoms with Crippen molar-refractivity contribution in [1.82, 2.24) is 10.2 Å². The Morgan fingerprint density at radius 2 is 2.36 bits per heavy atom. The quantitative estimate of drug-likeness (QED) is 0.742. The summed E-state index contributed by atoms with van der Waals surface area (Å²) >= 11 is 0. The van der Waals surface area contributed by atoms with Gasteiger partial charge in [-0.3, -0.25) is 0 Å². The van der Waals surface area contributed by atoms with Crippen LogP contribution in [0, 0.1) is 0 Å². The lowest BCUT2D eigenvalue weighted by atomic mass is 10.00. The molecule has 14 heavy (non-hydrogen) atoms. The van der Waals surface area contributed by atoms with Crippen molar-refractivity contribution in [2.45, 2.75) is 25.7 Å². The van der Waals surface area contributed by atoms with E-state index in [0.717, 1.165) is 12.4 Å². The number of rotatable bonds is 3. The van der Waals surface area contributed by atoms with Gasteiger partial charge < -0.3 is 5.32 Å². The molecule has 0 unspecified atom stereocenters. The first-order valence-electron chi connectivity index (χ1n) is 5.14. The third-order valence-electron chi connectivity index (χ3n) is 2.45. The van der Waals surface area contributed by atoms with Crippen LogP contribution in [0.4, 0.5) is 5.82 Å². The molecule has 3 heteroatoms. The lowest BCUT2D eigenvalue weighted by Crippen LogP contribution is -2.08. The summed E-state index contributed by atoms with van der Waals surface area (Å²) < 4.78 is 0. The van der Waals surface area contributed by atoms with Crippen LogP contribution in [0.15, 0.2) is 30.0 Å². The van der Waals surface area contributed by atoms with Gasteiger partial charge in [0.05, 0.1) is 0 Å². The standard InChI is InChI=1S/C11H15N3/c1-2-5-10(6-3-1)9-12-11-7-4-8-13-14-11/h4-5,7-8H,1-3,6,9H2,(H,12,14). The number of anilines is 1. The van der Waals surface area contributed by atoms with Crippen molar-refractivity contribution in [3.8, 4) is 0 Å². The van der Waals surface area contributed by atoms with Gasteiger partial charge in [0.1, 0.15) is 5.82 Å². The van der Waals surface area contributed by atoms with E-state index in [2.05, 4.69) is 21.6 Å². The van der Waals surface area contributed by atoms with Gasteiger partial charge in [0.2, 0.25) is 0 Å². The number of aromatic nitrogens is 2. The molecule has 0 aliphatic heterocycles. The summed E-state index contributed by atoms with van der Waals surface area (Å²) in [5.41, 5.74) is 1.50. The van der Waals surface area contributed by atoms with E-state index in [4.69, 9.17) is 0 Å². The van der Waals surface area contributed by atoms with Crippen LogP contribution in [0.2, 0.25) is 0 Å². The Hall–Kier alpha value is -1.38. The molecule has 74 valence electrons. The second-order valence-corrected chi connectivity index (χ2v) is 3.57. The van der Waals surface area contributed by atoms with Gasteiger partial charge >= 0.3 is 0 Å². The molecule has 0 fully saturated rings. The molecule has 3 nitrogen and oxygen atoms in total. The highest BCUT2D eigenvalue weighted by molar-refractivity contribution is 5.33. The maximum Gasteiger partial charge on any atom is 0.148 e. The van der Waals surface area contributed by atoms with E-state index in [0.29, 0.717) is 0 Å². The molecule has 0 amide bonds. The van der Waals surface area contributed by atoms with Crippen molar-refractivity contribution in [3.05, 3.63) is 30.0 Å². The lowest BCUT2D eigenvalue weighted by Gasteiger charge is -2.13. The summed E-state index contributed by atoms with van der Waals surface area (Å²) in [5.74, 6) is 0.860. The van der Waals surface area contributed by atoms with E-state index < -0.39 is 0 Å². The molecular weight excluding hydrogens is 174 g/mol. The molecule has 0 spiro atoms. The van der Waals surface area contributed by atoms with Crippen LogP contribution in [-0.4, -0.2) is 16.7 Å². The van der Waals surface area contributed by atoms with Gasteiger partial charge in [-0.05, 0) is 37.8 Å². The minimum absolute atomic E-state index is 0.860. The largest absolute Gasteiger partial charge is 0.365 e. The van der Waals surface area contributed by atoms with Crippen LogP contribution in [0.1, 0.15) is 25.7 Å². The molecule has 1 aliphatic rings. The lowest BCUT2D eigenvalue weighted by molar-refractivity contribution is 0.695. The van der Waals surface area contributed by atoms with E-state index in [9.17, 15) is 0 Å². The monoisotopic (exact) mass is 189 g/mol. The highest BCUT2D eigenvalue weighted by Crippen LogP contribution is 2.17. The van der Waals surface area contributed by atoms with Crippen molar-refractivity contribution in [2.24, 2.45) is 0 Å². The molecular formula is C11H15N3. The van der Waals surface area contributed by atoms with Gasteiger partial charge in [-0.2, -0.15) is 5.10 Å². The van der Waals surface area contributed by atoms with Crippen molar-refractivity contribution in [1.29, 1.82) is 0 Å². The fourth-order valence-electron chi connectivity index (χ4n) is 1.67. The van der Waals surface area contributed by atoms with Crippen molar-refractivity contribution in [3.63, 3.8) is 0 Å². The topological polar surface area (TPSA) is 37.8 Å². The fraction of sp³-hybridized carbons (Fsp3) is 0.455. The number of nitrogens with one attached hydrogen (secondary N) is 1. The molecule has 0 radical (unpaired) electrons. The molecule has 0 aromatic carbocycles. The minimum Gasteiger partial charge on any atom is -0.365 e. The molecule has 1 aromatic rings. The Morgan fingerprint density at radius 1 is 1.36 bits per heavy atom. The molecule has 0 saturated carbocycles. The molecule has 0 atom stereocenters. The summed E-state index contributed by atoms with van der Waals surface area (Å²) in [7, 11) is 0. The second-order valence-electron chi connectivity index (χ2n) is 3.57. The van der Waals surface area contributed by atoms with Crippen molar-refractivity contribution in [2.75, 3.05) is 11.9 Å². The summed E-state index contributed by atoms with van der Waals surface area (Å²) in [6.07, 6.45) is 9.16. The number of allylic oxidation sites excluding steroid dienone is 1. The Morgan fingerprint density at radius 3 is 3.07 bits per heavy atom. The molecule has 1 N–H and O–H groups in total. The van der Waals surface area contributed by atoms with Crippen LogP contribution < -0.4 is 5.32 Å². The maximum atomic E-state index is 3.97. The van der Waals surface area contributed by atoms with Crippen LogP contribution in [0.5, 0.6) is 0 Å². The number of hydrogen-bond acceptors (Lipinski definition) is 3. The van der Waals surface area contributed by atoms with Crippen LogP contribution in [0.25, 0.3) is 0 Å². The van der Waals surface area contributed by atoms with Gasteiger partial charge in [-0.25, -0.2) is 0 Å². The predicted molar refractivity (Wildman–Crippen MR) is 57.1 cm³/mol. The van der Waals surface area contributed by atoms with Gasteiger partial charge in [0.15, 0.2) is 0 Å². The van der Waals surface area contributed by atoms with Gasteiger partial charge in [0.25, 0.3) is 0 Å². The zero-order valence-electron chi connectivity index (χ0n) is 8.24. The first kappa shape index (κ1) is 9.19. The summed E-state index contributed by atoms with van der Waals surface area (Å²) in [5, 5.41) is 11.1. The van der Waals surface area contributed by atoms with Gasteiger partial charge in [-0.15, -0.1) is 5.10 Å². The Kier molecular flexibility index (Phi) is 3.11. The molecule has 1 aromatic heterocycles. The summed E-state index contributed by atoms with van der Waals surface area (Å²) in [4.78, 5) is 0. The predicted octanol–water partition coefficient (Wildman–Crippen LogP) is 2.39. The Labute approximate surface area is 84.2 Å². The summed E-state index contributed by atoms with van der Waals surface area (Å²) in [6, 6.07) is 3.83. The zero-order chi connectivity index (χ0) is 9.64. The Bertz CT molecular complexity index is 306. The average molecular weight is 189 g/mol. The van der Waals surface area contributed by atoms with E-state index in [-0.39, 0.29) is 0 Å². The first-order chi connectivity index (χ1) is 6.95. The Balaban J connectivity index is 1.85. The molecule has 1 aliphatic carbocycles. The van der Waals surface area contributed by atoms with E-state index in [1.54, 1.807) is 6.20 Å². The van der Waals surface area contributed by atoms with Crippen molar-refractivity contribution >= 4 is 5.82 Å². The van der Waals surface area contributed by atoms with Crippen LogP contribution >= 0.6 is 0 Å². The van der Waals surface area contributed by atoms with Crippen LogP contribution in [-0.2, 0) is 0 Å². The third kappa shape index (κ3) is 2.55. The third-order valence-corrected chi connectivity index (χ3v) is 2.45. The minimum atomic E-state index is 0.860. The molecule has 2 rings (SSSR count). The average Bonchev–Trinajstić information content (AvgIpc) is 2.29. The molecule has 0 saturated heterocycles. The van der Waals surface area contributed by atoms with E-state index in [1.807, 2.05) is 12.1 Å². The van der Waals surface area contributed by atoms with E-state index >= 15 is 0 Å². The van der Waals surface area contributed by atoms with Crippen LogP contribution in [0.3, 0.4) is 0 Å². The zero-order valence-corrected chi connectivity index (χ0v) is 8.24.